The zero-order valence-corrected chi connectivity index (χ0v) is 11.3. The van der Waals surface area contributed by atoms with Gasteiger partial charge < -0.3 is 10.1 Å². The molecule has 1 N–H and O–H groups in total. The van der Waals surface area contributed by atoms with Crippen LogP contribution in [-0.4, -0.2) is 23.3 Å². The Labute approximate surface area is 101 Å². The summed E-state index contributed by atoms with van der Waals surface area (Å²) < 4.78 is 5.49. The zero-order chi connectivity index (χ0) is 12.0. The summed E-state index contributed by atoms with van der Waals surface area (Å²) in [6, 6.07) is 0. The van der Waals surface area contributed by atoms with Gasteiger partial charge >= 0.3 is 0 Å². The number of hydrogen-bond donors (Lipinski definition) is 1. The van der Waals surface area contributed by atoms with Crippen molar-refractivity contribution in [2.45, 2.75) is 34.2 Å². The molecule has 0 bridgehead atoms. The molecule has 5 heteroatoms. The third kappa shape index (κ3) is 5.42. The molecule has 0 saturated heterocycles. The average Bonchev–Trinajstić information content (AvgIpc) is 2.62. The average molecular weight is 243 g/mol. The fourth-order valence-corrected chi connectivity index (χ4v) is 1.74. The Hall–Kier alpha value is -0.680. The van der Waals surface area contributed by atoms with Crippen molar-refractivity contribution < 1.29 is 4.74 Å². The third-order valence-electron chi connectivity index (χ3n) is 1.82. The first-order valence-electron chi connectivity index (χ1n) is 5.73. The van der Waals surface area contributed by atoms with Gasteiger partial charge in [-0.25, -0.2) is 0 Å². The molecule has 1 heterocycles. The largest absolute Gasteiger partial charge is 0.469 e. The van der Waals surface area contributed by atoms with Crippen LogP contribution in [0.25, 0.3) is 0 Å². The molecule has 0 saturated carbocycles. The molecule has 1 aromatic heterocycles. The van der Waals surface area contributed by atoms with Gasteiger partial charge in [0.2, 0.25) is 0 Å². The quantitative estimate of drug-likeness (QED) is 0.798. The van der Waals surface area contributed by atoms with Gasteiger partial charge in [-0.05, 0) is 18.4 Å². The summed E-state index contributed by atoms with van der Waals surface area (Å²) in [5, 5.41) is 13.1. The fourth-order valence-electron chi connectivity index (χ4n) is 1.07. The first kappa shape index (κ1) is 13.4. The number of nitrogens with one attached hydrogen (secondary N) is 1. The highest BCUT2D eigenvalue weighted by Crippen LogP contribution is 2.18. The molecule has 1 rings (SSSR count). The lowest BCUT2D eigenvalue weighted by molar-refractivity contribution is 0.268. The van der Waals surface area contributed by atoms with Crippen LogP contribution in [0.3, 0.4) is 0 Å². The van der Waals surface area contributed by atoms with Crippen molar-refractivity contribution >= 4 is 11.3 Å². The van der Waals surface area contributed by atoms with Gasteiger partial charge in [0, 0.05) is 6.54 Å². The maximum absolute atomic E-state index is 5.49. The minimum atomic E-state index is 0.520. The van der Waals surface area contributed by atoms with E-state index in [0.717, 1.165) is 18.1 Å². The molecule has 1 aromatic rings. The summed E-state index contributed by atoms with van der Waals surface area (Å²) in [6.07, 6.45) is 0. The standard InChI is InChI=1S/C11H21N3OS/c1-8(2)5-12-6-10-13-14-11(16-10)15-7-9(3)4/h8-9,12H,5-7H2,1-4H3. The summed E-state index contributed by atoms with van der Waals surface area (Å²) in [7, 11) is 0. The molecule has 0 fully saturated rings. The van der Waals surface area contributed by atoms with E-state index in [-0.39, 0.29) is 0 Å². The SMILES string of the molecule is CC(C)CNCc1nnc(OCC(C)C)s1. The van der Waals surface area contributed by atoms with Gasteiger partial charge in [-0.15, -0.1) is 10.2 Å². The van der Waals surface area contributed by atoms with E-state index in [1.807, 2.05) is 0 Å². The van der Waals surface area contributed by atoms with E-state index < -0.39 is 0 Å². The van der Waals surface area contributed by atoms with Crippen molar-refractivity contribution in [1.29, 1.82) is 0 Å². The molecule has 0 amide bonds. The van der Waals surface area contributed by atoms with Crippen LogP contribution in [0.15, 0.2) is 0 Å². The van der Waals surface area contributed by atoms with Crippen LogP contribution in [-0.2, 0) is 6.54 Å². The Morgan fingerprint density at radius 3 is 2.56 bits per heavy atom. The van der Waals surface area contributed by atoms with E-state index in [1.165, 1.54) is 11.3 Å². The van der Waals surface area contributed by atoms with Crippen LogP contribution >= 0.6 is 11.3 Å². The predicted octanol–water partition coefficient (Wildman–Crippen LogP) is 2.32. The van der Waals surface area contributed by atoms with Gasteiger partial charge in [-0.2, -0.15) is 0 Å². The van der Waals surface area contributed by atoms with E-state index >= 15 is 0 Å². The van der Waals surface area contributed by atoms with Crippen LogP contribution in [0, 0.1) is 11.8 Å². The highest BCUT2D eigenvalue weighted by molar-refractivity contribution is 7.13. The molecule has 0 spiro atoms. The van der Waals surface area contributed by atoms with Gasteiger partial charge in [-0.1, -0.05) is 39.0 Å². The molecule has 16 heavy (non-hydrogen) atoms. The summed E-state index contributed by atoms with van der Waals surface area (Å²) >= 11 is 1.52. The lowest BCUT2D eigenvalue weighted by atomic mass is 10.2. The van der Waals surface area contributed by atoms with Crippen molar-refractivity contribution in [3.63, 3.8) is 0 Å². The van der Waals surface area contributed by atoms with Gasteiger partial charge in [0.25, 0.3) is 5.19 Å². The van der Waals surface area contributed by atoms with Crippen molar-refractivity contribution in [2.75, 3.05) is 13.2 Å². The lowest BCUT2D eigenvalue weighted by Crippen LogP contribution is -2.18. The van der Waals surface area contributed by atoms with Gasteiger partial charge in [0.05, 0.1) is 6.61 Å². The Morgan fingerprint density at radius 2 is 1.94 bits per heavy atom. The predicted molar refractivity (Wildman–Crippen MR) is 66.8 cm³/mol. The van der Waals surface area contributed by atoms with E-state index in [9.17, 15) is 0 Å². The highest BCUT2D eigenvalue weighted by Gasteiger charge is 2.05. The molecule has 0 aliphatic carbocycles. The summed E-state index contributed by atoms with van der Waals surface area (Å²) in [4.78, 5) is 0. The molecule has 0 unspecified atom stereocenters. The second-order valence-electron chi connectivity index (χ2n) is 4.69. The molecule has 0 aromatic carbocycles. The minimum Gasteiger partial charge on any atom is -0.469 e. The molecule has 4 nitrogen and oxygen atoms in total. The van der Waals surface area contributed by atoms with E-state index in [1.54, 1.807) is 0 Å². The lowest BCUT2D eigenvalue weighted by Gasteiger charge is -2.04. The highest BCUT2D eigenvalue weighted by atomic mass is 32.1. The first-order chi connectivity index (χ1) is 7.58. The van der Waals surface area contributed by atoms with Crippen LogP contribution in [0.5, 0.6) is 5.19 Å². The van der Waals surface area contributed by atoms with E-state index in [4.69, 9.17) is 4.74 Å². The molecular weight excluding hydrogens is 222 g/mol. The monoisotopic (exact) mass is 243 g/mol. The summed E-state index contributed by atoms with van der Waals surface area (Å²) in [5.74, 6) is 1.18. The molecule has 0 radical (unpaired) electrons. The van der Waals surface area contributed by atoms with Crippen LogP contribution in [0.1, 0.15) is 32.7 Å². The maximum atomic E-state index is 5.49. The summed E-state index contributed by atoms with van der Waals surface area (Å²) in [5.41, 5.74) is 0. The van der Waals surface area contributed by atoms with Crippen molar-refractivity contribution in [1.82, 2.24) is 15.5 Å². The van der Waals surface area contributed by atoms with Crippen molar-refractivity contribution in [2.24, 2.45) is 11.8 Å². The third-order valence-corrected chi connectivity index (χ3v) is 2.65. The van der Waals surface area contributed by atoms with Crippen LogP contribution in [0.4, 0.5) is 0 Å². The van der Waals surface area contributed by atoms with Crippen molar-refractivity contribution in [3.05, 3.63) is 5.01 Å². The topological polar surface area (TPSA) is 47.0 Å². The number of hydrogen-bond acceptors (Lipinski definition) is 5. The van der Waals surface area contributed by atoms with Crippen LogP contribution < -0.4 is 10.1 Å². The Bertz CT molecular complexity index is 299. The number of nitrogens with zero attached hydrogens (tertiary/aromatic N) is 2. The maximum Gasteiger partial charge on any atom is 0.294 e. The fraction of sp³-hybridized carbons (Fsp3) is 0.818. The minimum absolute atomic E-state index is 0.520. The zero-order valence-electron chi connectivity index (χ0n) is 10.5. The normalized spacial score (nSPS) is 11.4. The number of ether oxygens (including phenoxy) is 1. The smallest absolute Gasteiger partial charge is 0.294 e. The molecule has 92 valence electrons. The van der Waals surface area contributed by atoms with Gasteiger partial charge in [-0.3, -0.25) is 0 Å². The molecular formula is C11H21N3OS. The number of rotatable bonds is 7. The van der Waals surface area contributed by atoms with Gasteiger partial charge in [0.15, 0.2) is 0 Å². The van der Waals surface area contributed by atoms with E-state index in [0.29, 0.717) is 23.6 Å². The van der Waals surface area contributed by atoms with Gasteiger partial charge in [0.1, 0.15) is 5.01 Å². The molecule has 0 aliphatic heterocycles. The van der Waals surface area contributed by atoms with Crippen LogP contribution in [0.2, 0.25) is 0 Å². The first-order valence-corrected chi connectivity index (χ1v) is 6.55. The molecule has 0 atom stereocenters. The Morgan fingerprint density at radius 1 is 1.19 bits per heavy atom. The molecule has 0 aliphatic rings. The number of aromatic nitrogens is 2. The second kappa shape index (κ2) is 6.81. The Balaban J connectivity index is 2.28. The van der Waals surface area contributed by atoms with E-state index in [2.05, 4.69) is 43.2 Å². The van der Waals surface area contributed by atoms with Crippen molar-refractivity contribution in [3.8, 4) is 5.19 Å². The Kier molecular flexibility index (Phi) is 5.69. The second-order valence-corrected chi connectivity index (χ2v) is 5.72. The summed E-state index contributed by atoms with van der Waals surface area (Å²) in [6.45, 7) is 11.1.